The number of nitrogens with zero attached hydrogens (tertiary/aromatic N) is 2. The fourth-order valence-corrected chi connectivity index (χ4v) is 1.71. The number of aryl methyl sites for hydroxylation is 2. The summed E-state index contributed by atoms with van der Waals surface area (Å²) >= 11 is 0. The second-order valence-corrected chi connectivity index (χ2v) is 3.75. The lowest BCUT2D eigenvalue weighted by Gasteiger charge is -2.03. The zero-order chi connectivity index (χ0) is 12.1. The minimum absolute atomic E-state index is 0.228. The van der Waals surface area contributed by atoms with Crippen LogP contribution in [0.4, 0.5) is 4.39 Å². The standard InChI is InChI=1S/C14H11FN2/c15-13-5-1-3-11(9-13)6-7-12-4-2-8-17-14(12)10-16/h1-5,8-9H,6-7H2. The summed E-state index contributed by atoms with van der Waals surface area (Å²) in [6.45, 7) is 0. The van der Waals surface area contributed by atoms with E-state index >= 15 is 0 Å². The van der Waals surface area contributed by atoms with Gasteiger partial charge in [0.15, 0.2) is 0 Å². The van der Waals surface area contributed by atoms with Crippen LogP contribution in [-0.2, 0) is 12.8 Å². The van der Waals surface area contributed by atoms with Crippen LogP contribution in [0.15, 0.2) is 42.6 Å². The average molecular weight is 226 g/mol. The summed E-state index contributed by atoms with van der Waals surface area (Å²) in [5.74, 6) is -0.228. The van der Waals surface area contributed by atoms with E-state index in [0.29, 0.717) is 18.5 Å². The van der Waals surface area contributed by atoms with Gasteiger partial charge >= 0.3 is 0 Å². The molecule has 0 bridgehead atoms. The maximum absolute atomic E-state index is 13.0. The quantitative estimate of drug-likeness (QED) is 0.806. The van der Waals surface area contributed by atoms with E-state index in [-0.39, 0.29) is 5.82 Å². The highest BCUT2D eigenvalue weighted by Gasteiger charge is 2.03. The molecule has 0 aliphatic rings. The highest BCUT2D eigenvalue weighted by Crippen LogP contribution is 2.10. The van der Waals surface area contributed by atoms with Crippen molar-refractivity contribution < 1.29 is 4.39 Å². The molecule has 0 saturated carbocycles. The number of nitriles is 1. The zero-order valence-electron chi connectivity index (χ0n) is 9.23. The molecule has 2 rings (SSSR count). The Kier molecular flexibility index (Phi) is 3.46. The highest BCUT2D eigenvalue weighted by molar-refractivity contribution is 5.31. The van der Waals surface area contributed by atoms with Crippen LogP contribution in [0, 0.1) is 17.1 Å². The Morgan fingerprint density at radius 3 is 2.82 bits per heavy atom. The molecule has 2 nitrogen and oxygen atoms in total. The van der Waals surface area contributed by atoms with Crippen molar-refractivity contribution in [2.75, 3.05) is 0 Å². The molecule has 1 aromatic heterocycles. The van der Waals surface area contributed by atoms with Gasteiger partial charge in [-0.05, 0) is 42.2 Å². The fraction of sp³-hybridized carbons (Fsp3) is 0.143. The van der Waals surface area contributed by atoms with Crippen molar-refractivity contribution in [3.8, 4) is 6.07 Å². The maximum atomic E-state index is 13.0. The van der Waals surface area contributed by atoms with Crippen LogP contribution in [0.1, 0.15) is 16.8 Å². The van der Waals surface area contributed by atoms with Gasteiger partial charge in [0.05, 0.1) is 0 Å². The number of aromatic nitrogens is 1. The largest absolute Gasteiger partial charge is 0.245 e. The van der Waals surface area contributed by atoms with Gasteiger partial charge in [-0.1, -0.05) is 18.2 Å². The number of hydrogen-bond acceptors (Lipinski definition) is 2. The normalized spacial score (nSPS) is 9.88. The van der Waals surface area contributed by atoms with Gasteiger partial charge in [0.25, 0.3) is 0 Å². The summed E-state index contributed by atoms with van der Waals surface area (Å²) < 4.78 is 13.0. The molecular weight excluding hydrogens is 215 g/mol. The van der Waals surface area contributed by atoms with Crippen molar-refractivity contribution >= 4 is 0 Å². The smallest absolute Gasteiger partial charge is 0.143 e. The molecule has 17 heavy (non-hydrogen) atoms. The summed E-state index contributed by atoms with van der Waals surface area (Å²) in [4.78, 5) is 3.99. The Bertz CT molecular complexity index is 558. The van der Waals surface area contributed by atoms with Crippen molar-refractivity contribution in [1.29, 1.82) is 5.26 Å². The lowest BCUT2D eigenvalue weighted by Crippen LogP contribution is -1.96. The fourth-order valence-electron chi connectivity index (χ4n) is 1.71. The molecule has 0 saturated heterocycles. The van der Waals surface area contributed by atoms with Crippen molar-refractivity contribution in [2.45, 2.75) is 12.8 Å². The number of hydrogen-bond donors (Lipinski definition) is 0. The van der Waals surface area contributed by atoms with Crippen molar-refractivity contribution in [2.24, 2.45) is 0 Å². The molecule has 0 atom stereocenters. The molecule has 0 aliphatic carbocycles. The third-order valence-corrected chi connectivity index (χ3v) is 2.57. The van der Waals surface area contributed by atoms with Crippen molar-refractivity contribution in [3.05, 3.63) is 65.2 Å². The minimum atomic E-state index is -0.228. The number of rotatable bonds is 3. The van der Waals surface area contributed by atoms with Gasteiger partial charge in [-0.2, -0.15) is 5.26 Å². The van der Waals surface area contributed by atoms with Gasteiger partial charge in [0, 0.05) is 6.20 Å². The van der Waals surface area contributed by atoms with Gasteiger partial charge < -0.3 is 0 Å². The molecule has 2 aromatic rings. The van der Waals surface area contributed by atoms with Crippen LogP contribution in [0.25, 0.3) is 0 Å². The monoisotopic (exact) mass is 226 g/mol. The summed E-state index contributed by atoms with van der Waals surface area (Å²) in [6.07, 6.45) is 3.00. The van der Waals surface area contributed by atoms with Crippen molar-refractivity contribution in [3.63, 3.8) is 0 Å². The first-order chi connectivity index (χ1) is 8.29. The predicted octanol–water partition coefficient (Wildman–Crippen LogP) is 2.88. The molecule has 0 unspecified atom stereocenters. The van der Waals surface area contributed by atoms with Crippen molar-refractivity contribution in [1.82, 2.24) is 4.98 Å². The average Bonchev–Trinajstić information content (AvgIpc) is 2.37. The first-order valence-corrected chi connectivity index (χ1v) is 5.38. The van der Waals surface area contributed by atoms with Crippen LogP contribution in [0.5, 0.6) is 0 Å². The lowest BCUT2D eigenvalue weighted by atomic mass is 10.0. The summed E-state index contributed by atoms with van der Waals surface area (Å²) in [6, 6.07) is 12.3. The van der Waals surface area contributed by atoms with E-state index in [2.05, 4.69) is 11.1 Å². The van der Waals surface area contributed by atoms with Crippen LogP contribution in [-0.4, -0.2) is 4.98 Å². The van der Waals surface area contributed by atoms with E-state index < -0.39 is 0 Å². The van der Waals surface area contributed by atoms with Crippen LogP contribution >= 0.6 is 0 Å². The van der Waals surface area contributed by atoms with Crippen LogP contribution in [0.3, 0.4) is 0 Å². The molecule has 0 radical (unpaired) electrons. The Labute approximate surface area is 99.4 Å². The molecule has 1 heterocycles. The van der Waals surface area contributed by atoms with Gasteiger partial charge in [0.1, 0.15) is 17.6 Å². The third-order valence-electron chi connectivity index (χ3n) is 2.57. The molecular formula is C14H11FN2. The van der Waals surface area contributed by atoms with E-state index in [9.17, 15) is 4.39 Å². The molecule has 84 valence electrons. The Balaban J connectivity index is 2.10. The van der Waals surface area contributed by atoms with Gasteiger partial charge in [-0.25, -0.2) is 9.37 Å². The number of benzene rings is 1. The van der Waals surface area contributed by atoms with E-state index in [1.165, 1.54) is 12.1 Å². The van der Waals surface area contributed by atoms with Gasteiger partial charge in [-0.3, -0.25) is 0 Å². The second-order valence-electron chi connectivity index (χ2n) is 3.75. The van der Waals surface area contributed by atoms with Gasteiger partial charge in [-0.15, -0.1) is 0 Å². The Morgan fingerprint density at radius 1 is 1.18 bits per heavy atom. The summed E-state index contributed by atoms with van der Waals surface area (Å²) in [7, 11) is 0. The Morgan fingerprint density at radius 2 is 2.06 bits per heavy atom. The zero-order valence-corrected chi connectivity index (χ0v) is 9.23. The summed E-state index contributed by atoms with van der Waals surface area (Å²) in [5, 5.41) is 8.89. The van der Waals surface area contributed by atoms with Crippen LogP contribution in [0.2, 0.25) is 0 Å². The number of halogens is 1. The Hall–Kier alpha value is -2.21. The highest BCUT2D eigenvalue weighted by atomic mass is 19.1. The second kappa shape index (κ2) is 5.22. The van der Waals surface area contributed by atoms with E-state index in [0.717, 1.165) is 11.1 Å². The van der Waals surface area contributed by atoms with E-state index in [1.54, 1.807) is 12.3 Å². The van der Waals surface area contributed by atoms with Crippen LogP contribution < -0.4 is 0 Å². The van der Waals surface area contributed by atoms with E-state index in [1.807, 2.05) is 18.2 Å². The third kappa shape index (κ3) is 2.88. The predicted molar refractivity (Wildman–Crippen MR) is 62.8 cm³/mol. The SMILES string of the molecule is N#Cc1ncccc1CCc1cccc(F)c1. The molecule has 3 heteroatoms. The molecule has 0 spiro atoms. The summed E-state index contributed by atoms with van der Waals surface area (Å²) in [5.41, 5.74) is 2.28. The van der Waals surface area contributed by atoms with E-state index in [4.69, 9.17) is 5.26 Å². The first kappa shape index (κ1) is 11.3. The van der Waals surface area contributed by atoms with Gasteiger partial charge in [0.2, 0.25) is 0 Å². The molecule has 1 aromatic carbocycles. The molecule has 0 amide bonds. The topological polar surface area (TPSA) is 36.7 Å². The minimum Gasteiger partial charge on any atom is -0.245 e. The molecule has 0 fully saturated rings. The number of pyridine rings is 1. The first-order valence-electron chi connectivity index (χ1n) is 5.38. The molecule has 0 N–H and O–H groups in total. The lowest BCUT2D eigenvalue weighted by molar-refractivity contribution is 0.625. The molecule has 0 aliphatic heterocycles. The maximum Gasteiger partial charge on any atom is 0.143 e.